The zero-order chi connectivity index (χ0) is 9.84. The van der Waals surface area contributed by atoms with Crippen LogP contribution >= 0.6 is 23.7 Å². The van der Waals surface area contributed by atoms with Crippen molar-refractivity contribution in [3.8, 4) is 0 Å². The Bertz CT molecular complexity index is 301. The highest BCUT2D eigenvalue weighted by Gasteiger charge is 2.12. The summed E-state index contributed by atoms with van der Waals surface area (Å²) in [5.74, 6) is -0.384. The van der Waals surface area contributed by atoms with Gasteiger partial charge in [0.25, 0.3) is 0 Å². The van der Waals surface area contributed by atoms with E-state index in [1.165, 1.54) is 11.3 Å². The van der Waals surface area contributed by atoms with Crippen molar-refractivity contribution < 1.29 is 9.53 Å². The number of hydrogen-bond donors (Lipinski definition) is 1. The average Bonchev–Trinajstić information content (AvgIpc) is 2.52. The van der Waals surface area contributed by atoms with Crippen LogP contribution in [0.25, 0.3) is 0 Å². The molecule has 80 valence electrons. The maximum Gasteiger partial charge on any atom is 0.357 e. The summed E-state index contributed by atoms with van der Waals surface area (Å²) < 4.78 is 4.79. The van der Waals surface area contributed by atoms with E-state index in [1.54, 1.807) is 12.3 Å². The Morgan fingerprint density at radius 2 is 2.43 bits per heavy atom. The lowest BCUT2D eigenvalue weighted by molar-refractivity contribution is 0.0520. The van der Waals surface area contributed by atoms with Crippen LogP contribution in [0.5, 0.6) is 0 Å². The quantitative estimate of drug-likeness (QED) is 0.813. The lowest BCUT2D eigenvalue weighted by Crippen LogP contribution is -2.08. The minimum atomic E-state index is -0.384. The molecule has 1 unspecified atom stereocenters. The Kier molecular flexibility index (Phi) is 5.68. The third-order valence-electron chi connectivity index (χ3n) is 1.40. The van der Waals surface area contributed by atoms with Crippen molar-refractivity contribution in [2.45, 2.75) is 19.9 Å². The van der Waals surface area contributed by atoms with Crippen molar-refractivity contribution in [3.05, 3.63) is 16.1 Å². The van der Waals surface area contributed by atoms with Gasteiger partial charge in [-0.1, -0.05) is 0 Å². The lowest BCUT2D eigenvalue weighted by Gasteiger charge is -1.98. The van der Waals surface area contributed by atoms with Crippen molar-refractivity contribution in [2.75, 3.05) is 6.61 Å². The molecule has 14 heavy (non-hydrogen) atoms. The number of thiazole rings is 1. The second-order valence-electron chi connectivity index (χ2n) is 2.58. The first-order chi connectivity index (χ1) is 6.15. The first-order valence-electron chi connectivity index (χ1n) is 4.03. The number of carbonyl (C=O) groups is 1. The van der Waals surface area contributed by atoms with Crippen LogP contribution in [0.1, 0.15) is 35.4 Å². The molecule has 1 aromatic rings. The summed E-state index contributed by atoms with van der Waals surface area (Å²) in [6.45, 7) is 3.95. The fourth-order valence-electron chi connectivity index (χ4n) is 0.796. The molecule has 0 saturated carbocycles. The monoisotopic (exact) mass is 236 g/mol. The molecular weight excluding hydrogens is 224 g/mol. The Balaban J connectivity index is 0.00000169. The van der Waals surface area contributed by atoms with Crippen LogP contribution in [0, 0.1) is 0 Å². The van der Waals surface area contributed by atoms with E-state index in [-0.39, 0.29) is 24.4 Å². The van der Waals surface area contributed by atoms with E-state index < -0.39 is 0 Å². The van der Waals surface area contributed by atoms with E-state index >= 15 is 0 Å². The van der Waals surface area contributed by atoms with Crippen LogP contribution < -0.4 is 5.73 Å². The molecular formula is C8H13ClN2O2S. The van der Waals surface area contributed by atoms with Gasteiger partial charge >= 0.3 is 5.97 Å². The molecule has 0 bridgehead atoms. The fraction of sp³-hybridized carbons (Fsp3) is 0.500. The summed E-state index contributed by atoms with van der Waals surface area (Å²) >= 11 is 1.37. The van der Waals surface area contributed by atoms with Gasteiger partial charge in [-0.2, -0.15) is 0 Å². The van der Waals surface area contributed by atoms with Crippen LogP contribution in [-0.4, -0.2) is 17.6 Å². The van der Waals surface area contributed by atoms with E-state index in [2.05, 4.69) is 4.98 Å². The van der Waals surface area contributed by atoms with Gasteiger partial charge in [0, 0.05) is 5.38 Å². The average molecular weight is 237 g/mol. The van der Waals surface area contributed by atoms with Gasteiger partial charge in [0.2, 0.25) is 0 Å². The van der Waals surface area contributed by atoms with Crippen molar-refractivity contribution in [1.29, 1.82) is 0 Å². The SMILES string of the molecule is CCOC(=O)c1csc(C(C)N)n1.Cl. The first kappa shape index (κ1) is 13.4. The number of rotatable bonds is 3. The third kappa shape index (κ3) is 3.25. The molecule has 4 nitrogen and oxygen atoms in total. The topological polar surface area (TPSA) is 65.2 Å². The van der Waals surface area contributed by atoms with Gasteiger partial charge in [-0.05, 0) is 13.8 Å². The largest absolute Gasteiger partial charge is 0.461 e. The smallest absolute Gasteiger partial charge is 0.357 e. The molecule has 0 saturated heterocycles. The van der Waals surface area contributed by atoms with Gasteiger partial charge in [-0.3, -0.25) is 0 Å². The number of halogens is 1. The van der Waals surface area contributed by atoms with Gasteiger partial charge in [-0.15, -0.1) is 23.7 Å². The Morgan fingerprint density at radius 1 is 1.79 bits per heavy atom. The number of esters is 1. The van der Waals surface area contributed by atoms with Crippen LogP contribution in [0.4, 0.5) is 0 Å². The molecule has 0 aliphatic rings. The van der Waals surface area contributed by atoms with Gasteiger partial charge in [0.1, 0.15) is 5.01 Å². The minimum absolute atomic E-state index is 0. The lowest BCUT2D eigenvalue weighted by atomic mass is 10.4. The second kappa shape index (κ2) is 5.95. The van der Waals surface area contributed by atoms with E-state index in [9.17, 15) is 4.79 Å². The number of ether oxygens (including phenoxy) is 1. The van der Waals surface area contributed by atoms with Crippen LogP contribution in [-0.2, 0) is 4.74 Å². The van der Waals surface area contributed by atoms with Crippen molar-refractivity contribution in [1.82, 2.24) is 4.98 Å². The molecule has 1 aromatic heterocycles. The highest BCUT2D eigenvalue weighted by molar-refractivity contribution is 7.09. The fourth-order valence-corrected chi connectivity index (χ4v) is 1.54. The summed E-state index contributed by atoms with van der Waals surface area (Å²) in [4.78, 5) is 15.2. The van der Waals surface area contributed by atoms with Crippen molar-refractivity contribution in [3.63, 3.8) is 0 Å². The number of hydrogen-bond acceptors (Lipinski definition) is 5. The molecule has 1 atom stereocenters. The number of aromatic nitrogens is 1. The summed E-state index contributed by atoms with van der Waals surface area (Å²) in [5, 5.41) is 2.42. The van der Waals surface area contributed by atoms with Gasteiger partial charge in [0.05, 0.1) is 12.6 Å². The van der Waals surface area contributed by atoms with Crippen molar-refractivity contribution >= 4 is 29.7 Å². The van der Waals surface area contributed by atoms with Gasteiger partial charge < -0.3 is 10.5 Å². The Morgan fingerprint density at radius 3 is 2.86 bits per heavy atom. The van der Waals surface area contributed by atoms with E-state index in [0.29, 0.717) is 12.3 Å². The summed E-state index contributed by atoms with van der Waals surface area (Å²) in [6.07, 6.45) is 0. The van der Waals surface area contributed by atoms with Crippen LogP contribution in [0.2, 0.25) is 0 Å². The van der Waals surface area contributed by atoms with Crippen molar-refractivity contribution in [2.24, 2.45) is 5.73 Å². The number of nitrogens with two attached hydrogens (primary N) is 1. The van der Waals surface area contributed by atoms with Crippen LogP contribution in [0.15, 0.2) is 5.38 Å². The Hall–Kier alpha value is -0.650. The van der Waals surface area contributed by atoms with Gasteiger partial charge in [-0.25, -0.2) is 9.78 Å². The molecule has 1 heterocycles. The van der Waals surface area contributed by atoms with E-state index in [0.717, 1.165) is 5.01 Å². The first-order valence-corrected chi connectivity index (χ1v) is 4.91. The summed E-state index contributed by atoms with van der Waals surface area (Å²) in [7, 11) is 0. The second-order valence-corrected chi connectivity index (χ2v) is 3.47. The molecule has 0 amide bonds. The maximum atomic E-state index is 11.2. The standard InChI is InChI=1S/C8H12N2O2S.ClH/c1-3-12-8(11)6-4-13-7(10-6)5(2)9;/h4-5H,3,9H2,1-2H3;1H. The van der Waals surface area contributed by atoms with Crippen LogP contribution in [0.3, 0.4) is 0 Å². The zero-order valence-corrected chi connectivity index (χ0v) is 9.65. The predicted octanol–water partition coefficient (Wildman–Crippen LogP) is 1.76. The van der Waals surface area contributed by atoms with E-state index in [4.69, 9.17) is 10.5 Å². The molecule has 2 N–H and O–H groups in total. The molecule has 0 aromatic carbocycles. The molecule has 0 radical (unpaired) electrons. The van der Waals surface area contributed by atoms with E-state index in [1.807, 2.05) is 6.92 Å². The molecule has 0 aliphatic carbocycles. The highest BCUT2D eigenvalue weighted by atomic mass is 35.5. The molecule has 0 fully saturated rings. The highest BCUT2D eigenvalue weighted by Crippen LogP contribution is 2.16. The number of nitrogens with zero attached hydrogens (tertiary/aromatic N) is 1. The zero-order valence-electron chi connectivity index (χ0n) is 8.02. The molecule has 0 spiro atoms. The Labute approximate surface area is 92.9 Å². The summed E-state index contributed by atoms with van der Waals surface area (Å²) in [6, 6.07) is -0.131. The normalized spacial score (nSPS) is 11.6. The maximum absolute atomic E-state index is 11.2. The summed E-state index contributed by atoms with van der Waals surface area (Å²) in [5.41, 5.74) is 5.94. The molecule has 6 heteroatoms. The molecule has 1 rings (SSSR count). The predicted molar refractivity (Wildman–Crippen MR) is 57.9 cm³/mol. The number of carbonyl (C=O) groups excluding carboxylic acids is 1. The van der Waals surface area contributed by atoms with Gasteiger partial charge in [0.15, 0.2) is 5.69 Å². The third-order valence-corrected chi connectivity index (χ3v) is 2.44. The minimum Gasteiger partial charge on any atom is -0.461 e. The molecule has 0 aliphatic heterocycles.